The van der Waals surface area contributed by atoms with Gasteiger partial charge in [-0.2, -0.15) is 0 Å². The summed E-state index contributed by atoms with van der Waals surface area (Å²) in [6.45, 7) is 0. The second kappa shape index (κ2) is 18.2. The van der Waals surface area contributed by atoms with Crippen LogP contribution in [0.25, 0.3) is 0 Å². The Morgan fingerprint density at radius 3 is 0.463 bits per heavy atom. The van der Waals surface area contributed by atoms with Crippen LogP contribution in [0.3, 0.4) is 0 Å². The summed E-state index contributed by atoms with van der Waals surface area (Å²) in [7, 11) is -0.892. The third-order valence-corrected chi connectivity index (χ3v) is 11.0. The second-order valence-corrected chi connectivity index (χ2v) is 13.1. The monoisotopic (exact) mass is 658 g/mol. The van der Waals surface area contributed by atoms with E-state index in [4.69, 9.17) is 0 Å². The molecule has 0 fully saturated rings. The Morgan fingerprint density at radius 1 is 0.220 bits per heavy atom. The minimum atomic E-state index is -0.446. The van der Waals surface area contributed by atoms with Crippen LogP contribution in [-0.4, -0.2) is 0 Å². The molecule has 6 aromatic rings. The SMILES string of the molecule is [N].[N].[Pd].c1ccc(P(c2ccccc2)c2ccccc2)cc1.c1ccc(P(c2ccccc2)c2ccccc2)cc1. The predicted octanol–water partition coefficient (Wildman–Crippen LogP) is 5.93. The minimum Gasteiger partial charge on any atom is -0.0622 e. The normalized spacial score (nSPS) is 9.80. The summed E-state index contributed by atoms with van der Waals surface area (Å²) < 4.78 is 0. The average molecular weight is 659 g/mol. The van der Waals surface area contributed by atoms with Crippen LogP contribution in [0.15, 0.2) is 182 Å². The van der Waals surface area contributed by atoms with Gasteiger partial charge in [-0.25, -0.2) is 0 Å². The fraction of sp³-hybridized carbons (Fsp3) is 0. The number of nitrogens with zero attached hydrogens (tertiary/aromatic N) is 2. The maximum Gasteiger partial charge on any atom is 0 e. The number of rotatable bonds is 6. The predicted molar refractivity (Wildman–Crippen MR) is 175 cm³/mol. The number of benzene rings is 6. The standard InChI is InChI=1S/2C18H15P.2N.Pd/c2*1-4-10-16(11-5-1)19(17-12-6-2-7-13-17)18-14-8-3-9-15-18;;;/h2*1-15H;;;. The molecule has 5 heteroatoms. The topological polar surface area (TPSA) is 61.0 Å². The first-order chi connectivity index (χ1) is 18.9. The van der Waals surface area contributed by atoms with Gasteiger partial charge in [0.15, 0.2) is 0 Å². The first-order valence-electron chi connectivity index (χ1n) is 12.8. The zero-order chi connectivity index (χ0) is 25.8. The Kier molecular flexibility index (Phi) is 15.1. The molecule has 0 spiro atoms. The second-order valence-electron chi connectivity index (χ2n) is 8.68. The maximum absolute atomic E-state index is 2.23. The van der Waals surface area contributed by atoms with Crippen molar-refractivity contribution < 1.29 is 20.4 Å². The first-order valence-corrected chi connectivity index (χ1v) is 15.5. The van der Waals surface area contributed by atoms with E-state index in [-0.39, 0.29) is 32.7 Å². The minimum absolute atomic E-state index is 0. The summed E-state index contributed by atoms with van der Waals surface area (Å²) in [5.74, 6) is 0. The van der Waals surface area contributed by atoms with Gasteiger partial charge in [-0.3, -0.25) is 0 Å². The summed E-state index contributed by atoms with van der Waals surface area (Å²) in [5, 5.41) is 8.39. The van der Waals surface area contributed by atoms with Crippen LogP contribution in [0.1, 0.15) is 0 Å². The molecule has 0 N–H and O–H groups in total. The van der Waals surface area contributed by atoms with Gasteiger partial charge >= 0.3 is 0 Å². The van der Waals surface area contributed by atoms with Gasteiger partial charge in [-0.05, 0) is 47.7 Å². The van der Waals surface area contributed by atoms with Crippen molar-refractivity contribution in [1.29, 1.82) is 0 Å². The quantitative estimate of drug-likeness (QED) is 0.158. The molecule has 0 unspecified atom stereocenters. The summed E-state index contributed by atoms with van der Waals surface area (Å²) >= 11 is 0. The van der Waals surface area contributed by atoms with Gasteiger partial charge in [-0.1, -0.05) is 182 Å². The molecule has 204 valence electrons. The van der Waals surface area contributed by atoms with Gasteiger partial charge in [-0.15, -0.1) is 0 Å². The molecule has 0 aliphatic carbocycles. The molecule has 0 aromatic heterocycles. The molecule has 0 atom stereocenters. The molecular formula is C36H30N2P2Pd. The Hall–Kier alpha value is -3.24. The number of hydrogen-bond donors (Lipinski definition) is 0. The maximum atomic E-state index is 2.23. The number of hydrogen-bond acceptors (Lipinski definition) is 0. The van der Waals surface area contributed by atoms with Crippen LogP contribution >= 0.6 is 15.8 Å². The zero-order valence-corrected chi connectivity index (χ0v) is 25.8. The molecule has 6 aromatic carbocycles. The molecule has 41 heavy (non-hydrogen) atoms. The van der Waals surface area contributed by atoms with Gasteiger partial charge < -0.3 is 0 Å². The van der Waals surface area contributed by atoms with Crippen LogP contribution in [0.4, 0.5) is 0 Å². The van der Waals surface area contributed by atoms with Gasteiger partial charge in [0, 0.05) is 32.7 Å². The van der Waals surface area contributed by atoms with Crippen molar-refractivity contribution in [1.82, 2.24) is 12.3 Å². The molecule has 6 radical (unpaired) electrons. The average Bonchev–Trinajstić information content (AvgIpc) is 3.01. The van der Waals surface area contributed by atoms with E-state index >= 15 is 0 Å². The van der Waals surface area contributed by atoms with Crippen molar-refractivity contribution in [2.45, 2.75) is 0 Å². The van der Waals surface area contributed by atoms with E-state index < -0.39 is 15.8 Å². The van der Waals surface area contributed by atoms with E-state index in [0.29, 0.717) is 0 Å². The first kappa shape index (κ1) is 34.0. The molecule has 0 aliphatic rings. The van der Waals surface area contributed by atoms with Crippen molar-refractivity contribution in [3.05, 3.63) is 182 Å². The Bertz CT molecular complexity index is 1180. The van der Waals surface area contributed by atoms with Crippen LogP contribution in [0.2, 0.25) is 0 Å². The van der Waals surface area contributed by atoms with E-state index in [1.807, 2.05) is 0 Å². The Balaban J connectivity index is 0.000000267. The van der Waals surface area contributed by atoms with Gasteiger partial charge in [0.05, 0.1) is 0 Å². The van der Waals surface area contributed by atoms with Crippen LogP contribution in [0, 0.1) is 0 Å². The molecule has 0 amide bonds. The molecule has 6 rings (SSSR count). The summed E-state index contributed by atoms with van der Waals surface area (Å²) in [5.41, 5.74) is 0. The molecule has 2 nitrogen and oxygen atoms in total. The van der Waals surface area contributed by atoms with E-state index in [1.165, 1.54) is 31.8 Å². The third kappa shape index (κ3) is 9.40. The molecule has 0 saturated heterocycles. The smallest absolute Gasteiger partial charge is 0 e. The van der Waals surface area contributed by atoms with Crippen LogP contribution in [0.5, 0.6) is 0 Å². The van der Waals surface area contributed by atoms with Crippen LogP contribution < -0.4 is 44.1 Å². The summed E-state index contributed by atoms with van der Waals surface area (Å²) in [4.78, 5) is 0. The summed E-state index contributed by atoms with van der Waals surface area (Å²) in [6, 6.07) is 64.7. The molecule has 0 saturated carbocycles. The fourth-order valence-electron chi connectivity index (χ4n) is 4.36. The third-order valence-electron chi connectivity index (χ3n) is 6.09. The molecule has 0 bridgehead atoms. The molecular weight excluding hydrogens is 629 g/mol. The van der Waals surface area contributed by atoms with E-state index in [0.717, 1.165) is 0 Å². The van der Waals surface area contributed by atoms with Crippen molar-refractivity contribution in [3.8, 4) is 0 Å². The van der Waals surface area contributed by atoms with E-state index in [2.05, 4.69) is 182 Å². The zero-order valence-electron chi connectivity index (χ0n) is 22.4. The van der Waals surface area contributed by atoms with Crippen LogP contribution in [-0.2, 0) is 20.4 Å². The van der Waals surface area contributed by atoms with Crippen molar-refractivity contribution in [2.24, 2.45) is 0 Å². The molecule has 0 heterocycles. The van der Waals surface area contributed by atoms with Crippen molar-refractivity contribution in [2.75, 3.05) is 0 Å². The Labute approximate surface area is 261 Å². The summed E-state index contributed by atoms with van der Waals surface area (Å²) in [6.07, 6.45) is 0. The van der Waals surface area contributed by atoms with E-state index in [9.17, 15) is 0 Å². The largest absolute Gasteiger partial charge is 0.0622 e. The van der Waals surface area contributed by atoms with E-state index in [1.54, 1.807) is 0 Å². The molecule has 0 aliphatic heterocycles. The Morgan fingerprint density at radius 2 is 0.341 bits per heavy atom. The van der Waals surface area contributed by atoms with Crippen molar-refractivity contribution >= 4 is 47.7 Å². The van der Waals surface area contributed by atoms with Gasteiger partial charge in [0.2, 0.25) is 0 Å². The van der Waals surface area contributed by atoms with Gasteiger partial charge in [0.25, 0.3) is 0 Å². The fourth-order valence-corrected chi connectivity index (χ4v) is 8.97. The van der Waals surface area contributed by atoms with Gasteiger partial charge in [0.1, 0.15) is 0 Å². The van der Waals surface area contributed by atoms with Crippen molar-refractivity contribution in [3.63, 3.8) is 0 Å².